The predicted molar refractivity (Wildman–Crippen MR) is 86.8 cm³/mol. The molecular formula is C16H25ClN2O2. The summed E-state index contributed by atoms with van der Waals surface area (Å²) in [6, 6.07) is 7.81. The Balaban J connectivity index is 0.00000220. The summed E-state index contributed by atoms with van der Waals surface area (Å²) >= 11 is 0. The third kappa shape index (κ3) is 5.21. The fourth-order valence-electron chi connectivity index (χ4n) is 2.19. The van der Waals surface area contributed by atoms with Gasteiger partial charge >= 0.3 is 0 Å². The summed E-state index contributed by atoms with van der Waals surface area (Å²) in [5.74, 6) is 1.28. The molecule has 1 aliphatic carbocycles. The van der Waals surface area contributed by atoms with Gasteiger partial charge in [0.05, 0.1) is 0 Å². The molecule has 1 fully saturated rings. The van der Waals surface area contributed by atoms with Gasteiger partial charge in [-0.3, -0.25) is 4.79 Å². The maximum atomic E-state index is 12.1. The van der Waals surface area contributed by atoms with Crippen LogP contribution in [-0.4, -0.2) is 24.6 Å². The molecule has 0 bridgehead atoms. The number of rotatable bonds is 7. The van der Waals surface area contributed by atoms with Gasteiger partial charge in [-0.15, -0.1) is 12.4 Å². The fourth-order valence-corrected chi connectivity index (χ4v) is 2.19. The Morgan fingerprint density at radius 3 is 2.67 bits per heavy atom. The molecule has 4 nitrogen and oxygen atoms in total. The standard InChI is InChI=1S/C16H24N2O2.ClH/c1-3-14(20-15-7-5-4-6-11(15)2)16(19)18-10-13(17)12-8-9-12;/h4-7,12-14H,3,8-10,17H2,1-2H3,(H,18,19);1H. The molecule has 1 aromatic carbocycles. The van der Waals surface area contributed by atoms with E-state index in [1.165, 1.54) is 12.8 Å². The fraction of sp³-hybridized carbons (Fsp3) is 0.562. The van der Waals surface area contributed by atoms with Gasteiger partial charge in [0.15, 0.2) is 6.10 Å². The van der Waals surface area contributed by atoms with Crippen molar-refractivity contribution in [2.75, 3.05) is 6.54 Å². The summed E-state index contributed by atoms with van der Waals surface area (Å²) in [5, 5.41) is 2.91. The molecule has 0 heterocycles. The molecule has 0 saturated heterocycles. The zero-order valence-corrected chi connectivity index (χ0v) is 13.5. The second-order valence-electron chi connectivity index (χ2n) is 5.53. The molecule has 118 valence electrons. The molecule has 21 heavy (non-hydrogen) atoms. The number of para-hydroxylation sites is 1. The highest BCUT2D eigenvalue weighted by molar-refractivity contribution is 5.85. The van der Waals surface area contributed by atoms with Crippen molar-refractivity contribution in [3.63, 3.8) is 0 Å². The maximum absolute atomic E-state index is 12.1. The number of nitrogens with one attached hydrogen (secondary N) is 1. The topological polar surface area (TPSA) is 64.3 Å². The molecule has 1 aliphatic rings. The Morgan fingerprint density at radius 2 is 2.10 bits per heavy atom. The van der Waals surface area contributed by atoms with Gasteiger partial charge < -0.3 is 15.8 Å². The number of halogens is 1. The molecule has 2 unspecified atom stereocenters. The van der Waals surface area contributed by atoms with Crippen molar-refractivity contribution in [3.05, 3.63) is 29.8 Å². The first-order valence-corrected chi connectivity index (χ1v) is 7.37. The van der Waals surface area contributed by atoms with Crippen LogP contribution < -0.4 is 15.8 Å². The molecule has 2 rings (SSSR count). The highest BCUT2D eigenvalue weighted by Gasteiger charge is 2.29. The normalized spacial score (nSPS) is 16.5. The third-order valence-corrected chi connectivity index (χ3v) is 3.77. The second kappa shape index (κ2) is 8.25. The number of carbonyl (C=O) groups excluding carboxylic acids is 1. The zero-order valence-electron chi connectivity index (χ0n) is 12.7. The van der Waals surface area contributed by atoms with Gasteiger partial charge in [-0.1, -0.05) is 25.1 Å². The lowest BCUT2D eigenvalue weighted by molar-refractivity contribution is -0.128. The molecule has 0 spiro atoms. The molecule has 1 amide bonds. The summed E-state index contributed by atoms with van der Waals surface area (Å²) in [5.41, 5.74) is 7.03. The number of hydrogen-bond donors (Lipinski definition) is 2. The van der Waals surface area contributed by atoms with E-state index in [4.69, 9.17) is 10.5 Å². The smallest absolute Gasteiger partial charge is 0.261 e. The quantitative estimate of drug-likeness (QED) is 0.812. The minimum atomic E-state index is -0.456. The zero-order chi connectivity index (χ0) is 14.5. The molecule has 2 atom stereocenters. The minimum Gasteiger partial charge on any atom is -0.480 e. The summed E-state index contributed by atoms with van der Waals surface area (Å²) in [6.45, 7) is 4.46. The van der Waals surface area contributed by atoms with E-state index in [0.29, 0.717) is 18.9 Å². The summed E-state index contributed by atoms with van der Waals surface area (Å²) < 4.78 is 5.81. The maximum Gasteiger partial charge on any atom is 0.261 e. The Kier molecular flexibility index (Phi) is 6.99. The van der Waals surface area contributed by atoms with E-state index in [2.05, 4.69) is 5.32 Å². The number of nitrogens with two attached hydrogens (primary N) is 1. The SMILES string of the molecule is CCC(Oc1ccccc1C)C(=O)NCC(N)C1CC1.Cl. The average Bonchev–Trinajstić information content (AvgIpc) is 3.28. The van der Waals surface area contributed by atoms with Crippen LogP contribution in [-0.2, 0) is 4.79 Å². The Hall–Kier alpha value is -1.26. The monoisotopic (exact) mass is 312 g/mol. The first kappa shape index (κ1) is 17.8. The second-order valence-corrected chi connectivity index (χ2v) is 5.53. The van der Waals surface area contributed by atoms with Gasteiger partial charge in [0.25, 0.3) is 5.91 Å². The Labute approximate surface area is 132 Å². The van der Waals surface area contributed by atoms with Crippen LogP contribution >= 0.6 is 12.4 Å². The van der Waals surface area contributed by atoms with Gasteiger partial charge in [0, 0.05) is 12.6 Å². The van der Waals surface area contributed by atoms with Crippen molar-refractivity contribution in [3.8, 4) is 5.75 Å². The van der Waals surface area contributed by atoms with E-state index in [0.717, 1.165) is 11.3 Å². The van der Waals surface area contributed by atoms with Crippen molar-refractivity contribution in [2.45, 2.75) is 45.3 Å². The molecule has 0 radical (unpaired) electrons. The van der Waals surface area contributed by atoms with E-state index in [1.807, 2.05) is 38.1 Å². The van der Waals surface area contributed by atoms with Crippen LogP contribution in [0.1, 0.15) is 31.7 Å². The van der Waals surface area contributed by atoms with Crippen LogP contribution in [0.2, 0.25) is 0 Å². The minimum absolute atomic E-state index is 0. The molecule has 1 saturated carbocycles. The molecule has 0 aliphatic heterocycles. The number of amides is 1. The number of carbonyl (C=O) groups is 1. The van der Waals surface area contributed by atoms with Crippen molar-refractivity contribution >= 4 is 18.3 Å². The lowest BCUT2D eigenvalue weighted by atomic mass is 10.2. The number of ether oxygens (including phenoxy) is 1. The summed E-state index contributed by atoms with van der Waals surface area (Å²) in [4.78, 5) is 12.1. The van der Waals surface area contributed by atoms with E-state index < -0.39 is 6.10 Å². The lowest BCUT2D eigenvalue weighted by Crippen LogP contribution is -2.44. The van der Waals surface area contributed by atoms with E-state index in [9.17, 15) is 4.79 Å². The molecule has 0 aromatic heterocycles. The van der Waals surface area contributed by atoms with Crippen LogP contribution in [0, 0.1) is 12.8 Å². The number of benzene rings is 1. The number of aryl methyl sites for hydroxylation is 1. The van der Waals surface area contributed by atoms with Gasteiger partial charge in [0.1, 0.15) is 5.75 Å². The number of hydrogen-bond acceptors (Lipinski definition) is 3. The van der Waals surface area contributed by atoms with Crippen molar-refractivity contribution in [1.82, 2.24) is 5.32 Å². The van der Waals surface area contributed by atoms with Crippen molar-refractivity contribution < 1.29 is 9.53 Å². The summed E-state index contributed by atoms with van der Waals surface area (Å²) in [7, 11) is 0. The van der Waals surface area contributed by atoms with Crippen LogP contribution in [0.15, 0.2) is 24.3 Å². The Morgan fingerprint density at radius 1 is 1.43 bits per heavy atom. The Bertz CT molecular complexity index is 463. The molecule has 3 N–H and O–H groups in total. The van der Waals surface area contributed by atoms with Gasteiger partial charge in [-0.2, -0.15) is 0 Å². The molecule has 1 aromatic rings. The first-order valence-electron chi connectivity index (χ1n) is 7.37. The lowest BCUT2D eigenvalue weighted by Gasteiger charge is -2.20. The van der Waals surface area contributed by atoms with E-state index in [1.54, 1.807) is 0 Å². The summed E-state index contributed by atoms with van der Waals surface area (Å²) in [6.07, 6.45) is 2.56. The third-order valence-electron chi connectivity index (χ3n) is 3.77. The van der Waals surface area contributed by atoms with Crippen LogP contribution in [0.3, 0.4) is 0 Å². The van der Waals surface area contributed by atoms with E-state index in [-0.39, 0.29) is 24.4 Å². The molecule has 5 heteroatoms. The molecular weight excluding hydrogens is 288 g/mol. The van der Waals surface area contributed by atoms with Crippen molar-refractivity contribution in [1.29, 1.82) is 0 Å². The van der Waals surface area contributed by atoms with Gasteiger partial charge in [0.2, 0.25) is 0 Å². The van der Waals surface area contributed by atoms with Crippen LogP contribution in [0.5, 0.6) is 5.75 Å². The largest absolute Gasteiger partial charge is 0.480 e. The van der Waals surface area contributed by atoms with Gasteiger partial charge in [-0.05, 0) is 43.7 Å². The highest BCUT2D eigenvalue weighted by atomic mass is 35.5. The highest BCUT2D eigenvalue weighted by Crippen LogP contribution is 2.31. The van der Waals surface area contributed by atoms with Crippen LogP contribution in [0.25, 0.3) is 0 Å². The first-order chi connectivity index (χ1) is 9.61. The van der Waals surface area contributed by atoms with Crippen molar-refractivity contribution in [2.24, 2.45) is 11.7 Å². The predicted octanol–water partition coefficient (Wildman–Crippen LogP) is 2.43. The van der Waals surface area contributed by atoms with Crippen LogP contribution in [0.4, 0.5) is 0 Å². The average molecular weight is 313 g/mol. The van der Waals surface area contributed by atoms with E-state index >= 15 is 0 Å². The van der Waals surface area contributed by atoms with Gasteiger partial charge in [-0.25, -0.2) is 0 Å².